The maximum atomic E-state index is 13.7. The Morgan fingerprint density at radius 1 is 1.52 bits per heavy atom. The number of anilines is 1. The number of nitrogens with zero attached hydrogens (tertiary/aromatic N) is 2. The molecular weight excluding hydrogens is 280 g/mol. The summed E-state index contributed by atoms with van der Waals surface area (Å²) in [5.74, 6) is -1.20. The van der Waals surface area contributed by atoms with E-state index in [0.29, 0.717) is 25.2 Å². The number of rotatable bonds is 4. The van der Waals surface area contributed by atoms with Crippen LogP contribution in [0.1, 0.15) is 6.42 Å². The lowest BCUT2D eigenvalue weighted by Crippen LogP contribution is -2.45. The Labute approximate surface area is 122 Å². The summed E-state index contributed by atoms with van der Waals surface area (Å²) in [6, 6.07) is 3.13. The molecule has 0 radical (unpaired) electrons. The van der Waals surface area contributed by atoms with Crippen LogP contribution in [0.2, 0.25) is 0 Å². The second kappa shape index (κ2) is 6.71. The molecule has 0 bridgehead atoms. The largest absolute Gasteiger partial charge is 0.395 e. The van der Waals surface area contributed by atoms with Crippen LogP contribution in [0.15, 0.2) is 18.2 Å². The number of hydrogen-bond acceptors (Lipinski definition) is 3. The van der Waals surface area contributed by atoms with Gasteiger partial charge in [0.1, 0.15) is 11.6 Å². The number of halogens is 2. The lowest BCUT2D eigenvalue weighted by Gasteiger charge is -2.22. The van der Waals surface area contributed by atoms with Gasteiger partial charge in [0.2, 0.25) is 0 Å². The van der Waals surface area contributed by atoms with E-state index >= 15 is 0 Å². The molecule has 1 aromatic carbocycles. The highest BCUT2D eigenvalue weighted by Gasteiger charge is 2.26. The van der Waals surface area contributed by atoms with Crippen molar-refractivity contribution < 1.29 is 18.7 Å². The number of nitrogens with one attached hydrogen (secondary N) is 1. The molecule has 7 heteroatoms. The molecule has 1 atom stereocenters. The molecule has 1 heterocycles. The first-order chi connectivity index (χ1) is 10.0. The van der Waals surface area contributed by atoms with E-state index in [9.17, 15) is 13.6 Å². The Kier molecular flexibility index (Phi) is 4.95. The van der Waals surface area contributed by atoms with Crippen molar-refractivity contribution in [2.75, 3.05) is 38.2 Å². The zero-order valence-corrected chi connectivity index (χ0v) is 11.9. The number of aliphatic hydroxyl groups excluding tert-OH is 1. The van der Waals surface area contributed by atoms with E-state index < -0.39 is 11.6 Å². The van der Waals surface area contributed by atoms with Crippen molar-refractivity contribution in [3.05, 3.63) is 29.8 Å². The summed E-state index contributed by atoms with van der Waals surface area (Å²) in [7, 11) is 1.60. The third-order valence-electron chi connectivity index (χ3n) is 3.55. The topological polar surface area (TPSA) is 55.8 Å². The van der Waals surface area contributed by atoms with Crippen molar-refractivity contribution in [2.45, 2.75) is 12.5 Å². The van der Waals surface area contributed by atoms with Crippen molar-refractivity contribution in [3.63, 3.8) is 0 Å². The van der Waals surface area contributed by atoms with Crippen LogP contribution in [-0.2, 0) is 0 Å². The minimum atomic E-state index is -0.606. The zero-order valence-electron chi connectivity index (χ0n) is 11.9. The number of likely N-dealkylation sites (N-methyl/N-ethyl adjacent to an activating group) is 1. The van der Waals surface area contributed by atoms with Crippen LogP contribution in [0.5, 0.6) is 0 Å². The van der Waals surface area contributed by atoms with Crippen LogP contribution in [-0.4, -0.2) is 55.4 Å². The third-order valence-corrected chi connectivity index (χ3v) is 3.55. The molecule has 1 unspecified atom stereocenters. The summed E-state index contributed by atoms with van der Waals surface area (Å²) >= 11 is 0. The summed E-state index contributed by atoms with van der Waals surface area (Å²) in [6.45, 7) is 1.23. The van der Waals surface area contributed by atoms with Crippen molar-refractivity contribution in [2.24, 2.45) is 0 Å². The SMILES string of the molecule is CN(CCO)C(=O)NC1CCN(c2ccc(F)cc2F)C1. The van der Waals surface area contributed by atoms with Gasteiger partial charge in [0.15, 0.2) is 0 Å². The number of carbonyl (C=O) groups is 1. The molecule has 0 aliphatic carbocycles. The first-order valence-corrected chi connectivity index (χ1v) is 6.83. The maximum absolute atomic E-state index is 13.7. The van der Waals surface area contributed by atoms with Gasteiger partial charge >= 0.3 is 6.03 Å². The number of carbonyl (C=O) groups excluding carboxylic acids is 1. The molecule has 1 fully saturated rings. The van der Waals surface area contributed by atoms with Crippen LogP contribution in [0.4, 0.5) is 19.3 Å². The van der Waals surface area contributed by atoms with Crippen molar-refractivity contribution >= 4 is 11.7 Å². The van der Waals surface area contributed by atoms with Gasteiger partial charge in [0, 0.05) is 38.8 Å². The van der Waals surface area contributed by atoms with Crippen LogP contribution < -0.4 is 10.2 Å². The monoisotopic (exact) mass is 299 g/mol. The Morgan fingerprint density at radius 2 is 2.29 bits per heavy atom. The lowest BCUT2D eigenvalue weighted by atomic mass is 10.2. The molecule has 0 spiro atoms. The van der Waals surface area contributed by atoms with Crippen molar-refractivity contribution in [1.29, 1.82) is 0 Å². The minimum Gasteiger partial charge on any atom is -0.395 e. The van der Waals surface area contributed by atoms with Crippen molar-refractivity contribution in [3.8, 4) is 0 Å². The van der Waals surface area contributed by atoms with Crippen LogP contribution >= 0.6 is 0 Å². The Morgan fingerprint density at radius 3 is 2.95 bits per heavy atom. The lowest BCUT2D eigenvalue weighted by molar-refractivity contribution is 0.188. The van der Waals surface area contributed by atoms with E-state index in [1.807, 2.05) is 0 Å². The molecule has 21 heavy (non-hydrogen) atoms. The number of hydrogen-bond donors (Lipinski definition) is 2. The molecule has 2 N–H and O–H groups in total. The summed E-state index contributed by atoms with van der Waals surface area (Å²) in [5, 5.41) is 11.6. The molecule has 1 saturated heterocycles. The molecule has 1 aliphatic heterocycles. The average molecular weight is 299 g/mol. The Bertz CT molecular complexity index is 513. The molecule has 5 nitrogen and oxygen atoms in total. The standard InChI is InChI=1S/C14H19F2N3O2/c1-18(6-7-20)14(21)17-11-4-5-19(9-11)13-3-2-10(15)8-12(13)16/h2-3,8,11,20H,4-7,9H2,1H3,(H,17,21). The highest BCUT2D eigenvalue weighted by Crippen LogP contribution is 2.24. The van der Waals surface area contributed by atoms with Crippen LogP contribution in [0.25, 0.3) is 0 Å². The summed E-state index contributed by atoms with van der Waals surface area (Å²) in [5.41, 5.74) is 0.344. The number of aliphatic hydroxyl groups is 1. The van der Waals surface area contributed by atoms with Crippen molar-refractivity contribution in [1.82, 2.24) is 10.2 Å². The van der Waals surface area contributed by atoms with E-state index in [2.05, 4.69) is 5.32 Å². The van der Waals surface area contributed by atoms with E-state index in [1.54, 1.807) is 11.9 Å². The molecule has 2 amide bonds. The van der Waals surface area contributed by atoms with E-state index in [1.165, 1.54) is 17.0 Å². The first kappa shape index (κ1) is 15.5. The molecule has 2 rings (SSSR count). The number of benzene rings is 1. The van der Waals surface area contributed by atoms with E-state index in [4.69, 9.17) is 5.11 Å². The van der Waals surface area contributed by atoms with Gasteiger partial charge in [-0.2, -0.15) is 0 Å². The molecular formula is C14H19F2N3O2. The molecule has 0 aromatic heterocycles. The maximum Gasteiger partial charge on any atom is 0.317 e. The fraction of sp³-hybridized carbons (Fsp3) is 0.500. The smallest absolute Gasteiger partial charge is 0.317 e. The number of urea groups is 1. The van der Waals surface area contributed by atoms with Crippen LogP contribution in [0, 0.1) is 11.6 Å². The van der Waals surface area contributed by atoms with Gasteiger partial charge in [-0.1, -0.05) is 0 Å². The van der Waals surface area contributed by atoms with Gasteiger partial charge < -0.3 is 20.2 Å². The quantitative estimate of drug-likeness (QED) is 0.878. The van der Waals surface area contributed by atoms with E-state index in [-0.39, 0.29) is 25.2 Å². The second-order valence-electron chi connectivity index (χ2n) is 5.12. The summed E-state index contributed by atoms with van der Waals surface area (Å²) in [6.07, 6.45) is 0.690. The van der Waals surface area contributed by atoms with Gasteiger partial charge in [-0.25, -0.2) is 13.6 Å². The molecule has 1 aliphatic rings. The van der Waals surface area contributed by atoms with Gasteiger partial charge in [-0.05, 0) is 18.6 Å². The molecule has 0 saturated carbocycles. The normalized spacial score (nSPS) is 17.9. The second-order valence-corrected chi connectivity index (χ2v) is 5.12. The fourth-order valence-corrected chi connectivity index (χ4v) is 2.37. The highest BCUT2D eigenvalue weighted by molar-refractivity contribution is 5.74. The van der Waals surface area contributed by atoms with Gasteiger partial charge in [-0.15, -0.1) is 0 Å². The van der Waals surface area contributed by atoms with E-state index in [0.717, 1.165) is 6.07 Å². The first-order valence-electron chi connectivity index (χ1n) is 6.83. The highest BCUT2D eigenvalue weighted by atomic mass is 19.1. The van der Waals surface area contributed by atoms with Gasteiger partial charge in [0.05, 0.1) is 12.3 Å². The van der Waals surface area contributed by atoms with Gasteiger partial charge in [-0.3, -0.25) is 0 Å². The Balaban J connectivity index is 1.93. The Hall–Kier alpha value is -1.89. The predicted molar refractivity (Wildman–Crippen MR) is 75.2 cm³/mol. The summed E-state index contributed by atoms with van der Waals surface area (Å²) in [4.78, 5) is 15.0. The minimum absolute atomic E-state index is 0.0944. The summed E-state index contributed by atoms with van der Waals surface area (Å²) < 4.78 is 26.6. The van der Waals surface area contributed by atoms with Crippen LogP contribution in [0.3, 0.4) is 0 Å². The van der Waals surface area contributed by atoms with Gasteiger partial charge in [0.25, 0.3) is 0 Å². The third kappa shape index (κ3) is 3.81. The fourth-order valence-electron chi connectivity index (χ4n) is 2.37. The molecule has 116 valence electrons. The zero-order chi connectivity index (χ0) is 15.4. The number of amides is 2. The predicted octanol–water partition coefficient (Wildman–Crippen LogP) is 1.18. The molecule has 1 aromatic rings. The average Bonchev–Trinajstić information content (AvgIpc) is 2.87.